The van der Waals surface area contributed by atoms with Gasteiger partial charge < -0.3 is 31.3 Å². The number of aryl methyl sites for hydroxylation is 1. The van der Waals surface area contributed by atoms with Gasteiger partial charge in [0.05, 0.1) is 12.7 Å². The van der Waals surface area contributed by atoms with Crippen molar-refractivity contribution in [3.8, 4) is 17.2 Å². The van der Waals surface area contributed by atoms with Crippen molar-refractivity contribution >= 4 is 22.9 Å². The monoisotopic (exact) mass is 428 g/mol. The molecule has 2 heterocycles. The van der Waals surface area contributed by atoms with E-state index < -0.39 is 0 Å². The molecule has 2 aromatic heterocycles. The fourth-order valence-electron chi connectivity index (χ4n) is 3.85. The molecule has 2 unspecified atom stereocenters. The summed E-state index contributed by atoms with van der Waals surface area (Å²) in [6, 6.07) is 3.03. The summed E-state index contributed by atoms with van der Waals surface area (Å²) in [6.45, 7) is 2.69. The van der Waals surface area contributed by atoms with Crippen LogP contribution in [0, 0.1) is 0 Å². The maximum absolute atomic E-state index is 10.3. The van der Waals surface area contributed by atoms with Crippen LogP contribution in [0.25, 0.3) is 11.2 Å². The van der Waals surface area contributed by atoms with Crippen LogP contribution in [0.3, 0.4) is 0 Å². The molecule has 31 heavy (non-hydrogen) atoms. The Morgan fingerprint density at radius 1 is 1.19 bits per heavy atom. The highest BCUT2D eigenvalue weighted by Gasteiger charge is 2.24. The van der Waals surface area contributed by atoms with Crippen LogP contribution in [-0.4, -0.2) is 54.4 Å². The number of fused-ring (bicyclic) bond motifs is 1. The van der Waals surface area contributed by atoms with Gasteiger partial charge in [-0.15, -0.1) is 5.10 Å². The maximum atomic E-state index is 10.3. The van der Waals surface area contributed by atoms with E-state index in [1.54, 1.807) is 4.68 Å². The second kappa shape index (κ2) is 8.80. The third kappa shape index (κ3) is 4.26. The van der Waals surface area contributed by atoms with Crippen LogP contribution in [0.2, 0.25) is 0 Å². The van der Waals surface area contributed by atoms with Gasteiger partial charge in [-0.1, -0.05) is 18.1 Å². The molecule has 0 spiro atoms. The van der Waals surface area contributed by atoms with Crippen molar-refractivity contribution in [3.63, 3.8) is 0 Å². The van der Waals surface area contributed by atoms with E-state index in [9.17, 15) is 10.2 Å². The van der Waals surface area contributed by atoms with Gasteiger partial charge in [-0.2, -0.15) is 9.97 Å². The van der Waals surface area contributed by atoms with Crippen LogP contribution in [0.15, 0.2) is 12.1 Å². The number of nitrogens with two attached hydrogens (primary N) is 1. The normalized spacial score (nSPS) is 18.8. The lowest BCUT2D eigenvalue weighted by atomic mass is 9.91. The number of benzene rings is 1. The molecular formula is C20H28N8O3. The first-order chi connectivity index (χ1) is 15.0. The SMILES string of the molecule is CCn1nnc2c(NCc3c(O)cc(OC)cc3O)nc(NC3CCCCC3N)nc21. The lowest BCUT2D eigenvalue weighted by Crippen LogP contribution is -2.43. The van der Waals surface area contributed by atoms with Gasteiger partial charge in [0.1, 0.15) is 17.2 Å². The van der Waals surface area contributed by atoms with Crippen molar-refractivity contribution in [2.24, 2.45) is 5.73 Å². The van der Waals surface area contributed by atoms with Gasteiger partial charge in [0, 0.05) is 37.3 Å². The van der Waals surface area contributed by atoms with E-state index in [4.69, 9.17) is 10.5 Å². The van der Waals surface area contributed by atoms with E-state index in [-0.39, 0.29) is 30.1 Å². The Kier molecular flexibility index (Phi) is 5.94. The summed E-state index contributed by atoms with van der Waals surface area (Å²) in [6.07, 6.45) is 4.18. The lowest BCUT2D eigenvalue weighted by molar-refractivity contribution is 0.394. The third-order valence-electron chi connectivity index (χ3n) is 5.64. The Morgan fingerprint density at radius 2 is 1.94 bits per heavy atom. The molecule has 3 aromatic rings. The topological polar surface area (TPSA) is 156 Å². The number of ether oxygens (including phenoxy) is 1. The molecule has 0 radical (unpaired) electrons. The fourth-order valence-corrected chi connectivity index (χ4v) is 3.85. The molecule has 1 aliphatic rings. The Morgan fingerprint density at radius 3 is 2.61 bits per heavy atom. The minimum Gasteiger partial charge on any atom is -0.507 e. The molecule has 0 saturated heterocycles. The van der Waals surface area contributed by atoms with E-state index in [1.165, 1.54) is 19.2 Å². The number of hydrogen-bond donors (Lipinski definition) is 5. The summed E-state index contributed by atoms with van der Waals surface area (Å²) < 4.78 is 6.75. The zero-order chi connectivity index (χ0) is 22.0. The highest BCUT2D eigenvalue weighted by Crippen LogP contribution is 2.33. The van der Waals surface area contributed by atoms with Crippen LogP contribution < -0.4 is 21.1 Å². The highest BCUT2D eigenvalue weighted by molar-refractivity contribution is 5.83. The Hall–Kier alpha value is -3.34. The zero-order valence-corrected chi connectivity index (χ0v) is 17.7. The number of hydrogen-bond acceptors (Lipinski definition) is 10. The molecule has 11 heteroatoms. The second-order valence-electron chi connectivity index (χ2n) is 7.67. The number of methoxy groups -OCH3 is 1. The Labute approximate surface area is 179 Å². The Bertz CT molecular complexity index is 1050. The molecule has 0 amide bonds. The molecule has 1 saturated carbocycles. The van der Waals surface area contributed by atoms with Crippen molar-refractivity contribution in [1.29, 1.82) is 0 Å². The summed E-state index contributed by atoms with van der Waals surface area (Å²) in [4.78, 5) is 9.21. The van der Waals surface area contributed by atoms with Gasteiger partial charge in [-0.25, -0.2) is 4.68 Å². The predicted octanol–water partition coefficient (Wildman–Crippen LogP) is 1.95. The average Bonchev–Trinajstić information content (AvgIpc) is 3.17. The summed E-state index contributed by atoms with van der Waals surface area (Å²) in [5.41, 5.74) is 7.69. The largest absolute Gasteiger partial charge is 0.507 e. The highest BCUT2D eigenvalue weighted by atomic mass is 16.5. The van der Waals surface area contributed by atoms with Crippen LogP contribution in [0.4, 0.5) is 11.8 Å². The molecule has 1 fully saturated rings. The van der Waals surface area contributed by atoms with Gasteiger partial charge in [-0.05, 0) is 19.8 Å². The van der Waals surface area contributed by atoms with Gasteiger partial charge in [0.15, 0.2) is 17.0 Å². The van der Waals surface area contributed by atoms with E-state index in [2.05, 4.69) is 30.9 Å². The number of phenols is 2. The van der Waals surface area contributed by atoms with E-state index in [0.717, 1.165) is 25.7 Å². The van der Waals surface area contributed by atoms with Gasteiger partial charge in [-0.3, -0.25) is 0 Å². The summed E-state index contributed by atoms with van der Waals surface area (Å²) in [7, 11) is 1.47. The van der Waals surface area contributed by atoms with Crippen LogP contribution in [0.5, 0.6) is 17.2 Å². The maximum Gasteiger partial charge on any atom is 0.227 e. The molecule has 0 bridgehead atoms. The molecular weight excluding hydrogens is 400 g/mol. The number of phenolic OH excluding ortho intramolecular Hbond substituents is 2. The van der Waals surface area contributed by atoms with E-state index >= 15 is 0 Å². The Balaban J connectivity index is 1.64. The van der Waals surface area contributed by atoms with Gasteiger partial charge >= 0.3 is 0 Å². The molecule has 11 nitrogen and oxygen atoms in total. The molecule has 166 valence electrons. The third-order valence-corrected chi connectivity index (χ3v) is 5.64. The first kappa shape index (κ1) is 20.9. The van der Waals surface area contributed by atoms with Crippen molar-refractivity contribution in [2.75, 3.05) is 17.7 Å². The number of aromatic hydroxyl groups is 2. The first-order valence-corrected chi connectivity index (χ1v) is 10.5. The quantitative estimate of drug-likeness (QED) is 0.377. The predicted molar refractivity (Wildman–Crippen MR) is 116 cm³/mol. The van der Waals surface area contributed by atoms with E-state index in [1.807, 2.05) is 6.92 Å². The van der Waals surface area contributed by atoms with Crippen LogP contribution in [-0.2, 0) is 13.1 Å². The molecule has 4 rings (SSSR count). The molecule has 2 atom stereocenters. The minimum atomic E-state index is -0.0848. The average molecular weight is 428 g/mol. The summed E-state index contributed by atoms with van der Waals surface area (Å²) in [5, 5.41) is 35.4. The van der Waals surface area contributed by atoms with Gasteiger partial charge in [0.2, 0.25) is 5.95 Å². The zero-order valence-electron chi connectivity index (χ0n) is 17.7. The fraction of sp³-hybridized carbons (Fsp3) is 0.500. The van der Waals surface area contributed by atoms with Crippen molar-refractivity contribution in [1.82, 2.24) is 25.0 Å². The number of anilines is 2. The minimum absolute atomic E-state index is 0.0480. The summed E-state index contributed by atoms with van der Waals surface area (Å²) in [5.74, 6) is 1.09. The van der Waals surface area contributed by atoms with Crippen molar-refractivity contribution < 1.29 is 14.9 Å². The lowest BCUT2D eigenvalue weighted by Gasteiger charge is -2.29. The number of aromatic nitrogens is 5. The van der Waals surface area contributed by atoms with E-state index in [0.29, 0.717) is 40.8 Å². The van der Waals surface area contributed by atoms with Crippen LogP contribution in [0.1, 0.15) is 38.2 Å². The standard InChI is InChI=1S/C20H28N8O3/c1-3-28-19-17(26-27-28)18(22-10-12-15(29)8-11(31-2)9-16(12)30)24-20(25-19)23-14-7-5-4-6-13(14)21/h8-9,13-14,29-30H,3-7,10,21H2,1-2H3,(H2,22,23,24,25). The molecule has 1 aliphatic carbocycles. The molecule has 6 N–H and O–H groups in total. The van der Waals surface area contributed by atoms with Crippen LogP contribution >= 0.6 is 0 Å². The molecule has 1 aromatic carbocycles. The number of nitrogens with one attached hydrogen (secondary N) is 2. The number of nitrogens with zero attached hydrogens (tertiary/aromatic N) is 5. The van der Waals surface area contributed by atoms with Gasteiger partial charge in [0.25, 0.3) is 0 Å². The number of rotatable bonds is 7. The summed E-state index contributed by atoms with van der Waals surface area (Å²) >= 11 is 0. The second-order valence-corrected chi connectivity index (χ2v) is 7.67. The van der Waals surface area contributed by atoms with Crippen molar-refractivity contribution in [2.45, 2.75) is 57.8 Å². The smallest absolute Gasteiger partial charge is 0.227 e. The van der Waals surface area contributed by atoms with Crippen molar-refractivity contribution in [3.05, 3.63) is 17.7 Å². The first-order valence-electron chi connectivity index (χ1n) is 10.5. The molecule has 0 aliphatic heterocycles.